The lowest BCUT2D eigenvalue weighted by atomic mass is 10.1. The van der Waals surface area contributed by atoms with Crippen LogP contribution in [0.5, 0.6) is 0 Å². The Morgan fingerprint density at radius 3 is 2.38 bits per heavy atom. The maximum absolute atomic E-state index is 13.0. The summed E-state index contributed by atoms with van der Waals surface area (Å²) < 4.78 is 3.92. The lowest BCUT2D eigenvalue weighted by molar-refractivity contribution is -0.136. The van der Waals surface area contributed by atoms with Crippen LogP contribution in [0.2, 0.25) is 0 Å². The number of rotatable bonds is 9. The third-order valence-corrected chi connectivity index (χ3v) is 6.15. The van der Waals surface area contributed by atoms with Gasteiger partial charge in [-0.05, 0) is 49.6 Å². The number of carbonyl (C=O) groups excluding carboxylic acids is 1. The molecule has 0 aliphatic carbocycles. The first-order valence-corrected chi connectivity index (χ1v) is 11.7. The number of hydrogen-bond acceptors (Lipinski definition) is 3. The highest BCUT2D eigenvalue weighted by Crippen LogP contribution is 2.22. The van der Waals surface area contributed by atoms with Crippen molar-refractivity contribution >= 4 is 28.5 Å². The SMILES string of the molecule is CCc1nn(Cc2ccc(NC(=O)c3cc4ccccc4n3CC)cc2)c(CC)c1CC(=O)O. The first-order valence-electron chi connectivity index (χ1n) is 11.7. The van der Waals surface area contributed by atoms with Crippen molar-refractivity contribution in [2.45, 2.75) is 53.1 Å². The highest BCUT2D eigenvalue weighted by atomic mass is 16.4. The predicted octanol–water partition coefficient (Wildman–Crippen LogP) is 4.91. The fraction of sp³-hybridized carbons (Fsp3) is 0.296. The van der Waals surface area contributed by atoms with E-state index >= 15 is 0 Å². The maximum atomic E-state index is 13.0. The molecule has 0 fully saturated rings. The highest BCUT2D eigenvalue weighted by molar-refractivity contribution is 6.06. The fourth-order valence-electron chi connectivity index (χ4n) is 4.56. The van der Waals surface area contributed by atoms with Crippen LogP contribution in [0.3, 0.4) is 0 Å². The van der Waals surface area contributed by atoms with Crippen LogP contribution >= 0.6 is 0 Å². The van der Waals surface area contributed by atoms with Gasteiger partial charge in [-0.25, -0.2) is 0 Å². The summed E-state index contributed by atoms with van der Waals surface area (Å²) in [5.74, 6) is -0.983. The lowest BCUT2D eigenvalue weighted by Crippen LogP contribution is -2.16. The van der Waals surface area contributed by atoms with Gasteiger partial charge in [0.1, 0.15) is 5.69 Å². The number of nitrogens with zero attached hydrogens (tertiary/aromatic N) is 3. The van der Waals surface area contributed by atoms with Gasteiger partial charge in [-0.2, -0.15) is 5.10 Å². The van der Waals surface area contributed by atoms with Crippen molar-refractivity contribution in [3.05, 3.63) is 82.8 Å². The molecule has 2 aromatic carbocycles. The quantitative estimate of drug-likeness (QED) is 0.373. The molecule has 0 aliphatic heterocycles. The van der Waals surface area contributed by atoms with E-state index in [1.165, 1.54) is 0 Å². The zero-order valence-electron chi connectivity index (χ0n) is 19.8. The Labute approximate surface area is 199 Å². The lowest BCUT2D eigenvalue weighted by Gasteiger charge is -2.11. The average molecular weight is 459 g/mol. The Bertz CT molecular complexity index is 1330. The Hall–Kier alpha value is -3.87. The number of hydrogen-bond donors (Lipinski definition) is 2. The van der Waals surface area contributed by atoms with Gasteiger partial charge in [-0.1, -0.05) is 44.2 Å². The molecule has 2 N–H and O–H groups in total. The minimum absolute atomic E-state index is 0.00812. The number of nitrogens with one attached hydrogen (secondary N) is 1. The van der Waals surface area contributed by atoms with Gasteiger partial charge >= 0.3 is 5.97 Å². The largest absolute Gasteiger partial charge is 0.481 e. The number of para-hydroxylation sites is 1. The van der Waals surface area contributed by atoms with E-state index in [-0.39, 0.29) is 12.3 Å². The zero-order chi connectivity index (χ0) is 24.2. The van der Waals surface area contributed by atoms with Crippen molar-refractivity contribution in [3.8, 4) is 0 Å². The number of aliphatic carboxylic acids is 1. The summed E-state index contributed by atoms with van der Waals surface area (Å²) in [5.41, 5.74) is 6.06. The van der Waals surface area contributed by atoms with Gasteiger partial charge in [0.15, 0.2) is 0 Å². The molecule has 4 aromatic rings. The molecule has 0 radical (unpaired) electrons. The van der Waals surface area contributed by atoms with Crippen LogP contribution in [0, 0.1) is 0 Å². The number of aromatic nitrogens is 3. The summed E-state index contributed by atoms with van der Waals surface area (Å²) in [6.07, 6.45) is 1.41. The summed E-state index contributed by atoms with van der Waals surface area (Å²) >= 11 is 0. The van der Waals surface area contributed by atoms with E-state index in [2.05, 4.69) is 10.4 Å². The number of benzene rings is 2. The van der Waals surface area contributed by atoms with Crippen LogP contribution in [0.25, 0.3) is 10.9 Å². The first-order chi connectivity index (χ1) is 16.4. The number of aryl methyl sites for hydroxylation is 2. The van der Waals surface area contributed by atoms with E-state index in [0.29, 0.717) is 25.2 Å². The van der Waals surface area contributed by atoms with Crippen LogP contribution in [0.15, 0.2) is 54.6 Å². The summed E-state index contributed by atoms with van der Waals surface area (Å²) in [6.45, 7) is 7.31. The second-order valence-corrected chi connectivity index (χ2v) is 8.29. The normalized spacial score (nSPS) is 11.1. The van der Waals surface area contributed by atoms with Crippen molar-refractivity contribution in [1.82, 2.24) is 14.3 Å². The van der Waals surface area contributed by atoms with E-state index in [4.69, 9.17) is 0 Å². The predicted molar refractivity (Wildman–Crippen MR) is 133 cm³/mol. The zero-order valence-corrected chi connectivity index (χ0v) is 19.8. The van der Waals surface area contributed by atoms with Gasteiger partial charge in [0, 0.05) is 34.4 Å². The smallest absolute Gasteiger partial charge is 0.307 e. The molecule has 176 valence electrons. The number of carboxylic acid groups (broad SMARTS) is 1. The van der Waals surface area contributed by atoms with Gasteiger partial charge in [0.2, 0.25) is 0 Å². The molecule has 34 heavy (non-hydrogen) atoms. The third kappa shape index (κ3) is 4.59. The molecule has 0 spiro atoms. The van der Waals surface area contributed by atoms with Crippen LogP contribution in [0.4, 0.5) is 5.69 Å². The molecule has 0 aliphatic rings. The summed E-state index contributed by atoms with van der Waals surface area (Å²) in [6, 6.07) is 17.6. The van der Waals surface area contributed by atoms with Gasteiger partial charge in [-0.3, -0.25) is 14.3 Å². The Balaban J connectivity index is 1.52. The summed E-state index contributed by atoms with van der Waals surface area (Å²) in [7, 11) is 0. The molecular formula is C27H30N4O3. The molecule has 7 heteroatoms. The molecule has 2 aromatic heterocycles. The van der Waals surface area contributed by atoms with Crippen LogP contribution < -0.4 is 5.32 Å². The van der Waals surface area contributed by atoms with E-state index in [1.54, 1.807) is 0 Å². The number of anilines is 1. The molecule has 2 heterocycles. The second-order valence-electron chi connectivity index (χ2n) is 8.29. The van der Waals surface area contributed by atoms with E-state index in [0.717, 1.165) is 45.5 Å². The fourth-order valence-corrected chi connectivity index (χ4v) is 4.56. The summed E-state index contributed by atoms with van der Waals surface area (Å²) in [4.78, 5) is 24.3. The van der Waals surface area contributed by atoms with Crippen molar-refractivity contribution in [2.75, 3.05) is 5.32 Å². The standard InChI is InChI=1S/C27H30N4O3/c1-4-22-21(16-26(32)33)23(5-2)31(29-22)17-18-11-13-20(14-12-18)28-27(34)25-15-19-9-7-8-10-24(19)30(25)6-3/h7-15H,4-6,16-17H2,1-3H3,(H,28,34)(H,32,33). The van der Waals surface area contributed by atoms with E-state index < -0.39 is 5.97 Å². The van der Waals surface area contributed by atoms with Crippen LogP contribution in [-0.2, 0) is 37.1 Å². The topological polar surface area (TPSA) is 89.2 Å². The minimum Gasteiger partial charge on any atom is -0.481 e. The molecule has 0 saturated heterocycles. The van der Waals surface area contributed by atoms with Crippen LogP contribution in [0.1, 0.15) is 53.8 Å². The molecule has 4 rings (SSSR count). The van der Waals surface area contributed by atoms with Crippen molar-refractivity contribution in [3.63, 3.8) is 0 Å². The highest BCUT2D eigenvalue weighted by Gasteiger charge is 2.18. The first kappa shape index (κ1) is 23.3. The molecule has 1 amide bonds. The van der Waals surface area contributed by atoms with Gasteiger partial charge in [-0.15, -0.1) is 0 Å². The number of fused-ring (bicyclic) bond motifs is 1. The Morgan fingerprint density at radius 2 is 1.74 bits per heavy atom. The Kier molecular flexibility index (Phi) is 6.82. The number of amides is 1. The third-order valence-electron chi connectivity index (χ3n) is 6.15. The number of carbonyl (C=O) groups is 2. The van der Waals surface area contributed by atoms with Crippen molar-refractivity contribution < 1.29 is 14.7 Å². The molecule has 7 nitrogen and oxygen atoms in total. The number of carboxylic acids is 1. The molecule has 0 saturated carbocycles. The molecule has 0 atom stereocenters. The monoisotopic (exact) mass is 458 g/mol. The average Bonchev–Trinajstić information content (AvgIpc) is 3.37. The summed E-state index contributed by atoms with van der Waals surface area (Å²) in [5, 5.41) is 18.0. The molecular weight excluding hydrogens is 428 g/mol. The van der Waals surface area contributed by atoms with Crippen molar-refractivity contribution in [1.29, 1.82) is 0 Å². The minimum atomic E-state index is -0.842. The van der Waals surface area contributed by atoms with Gasteiger partial charge in [0.25, 0.3) is 5.91 Å². The van der Waals surface area contributed by atoms with E-state index in [9.17, 15) is 14.7 Å². The molecule has 0 unspecified atom stereocenters. The van der Waals surface area contributed by atoms with Gasteiger partial charge < -0.3 is 15.0 Å². The molecule has 0 bridgehead atoms. The maximum Gasteiger partial charge on any atom is 0.307 e. The second kappa shape index (κ2) is 9.95. The van der Waals surface area contributed by atoms with E-state index in [1.807, 2.05) is 84.6 Å². The van der Waals surface area contributed by atoms with Crippen molar-refractivity contribution in [2.24, 2.45) is 0 Å². The van der Waals surface area contributed by atoms with Gasteiger partial charge in [0.05, 0.1) is 18.7 Å². The van der Waals surface area contributed by atoms with Crippen LogP contribution in [-0.4, -0.2) is 31.3 Å². The Morgan fingerprint density at radius 1 is 1.00 bits per heavy atom.